The summed E-state index contributed by atoms with van der Waals surface area (Å²) < 4.78 is 0. The Hall–Kier alpha value is -0.120. The second-order valence-electron chi connectivity index (χ2n) is 7.08. The van der Waals surface area contributed by atoms with Gasteiger partial charge in [0.15, 0.2) is 0 Å². The van der Waals surface area contributed by atoms with Crippen LogP contribution >= 0.6 is 0 Å². The van der Waals surface area contributed by atoms with Crippen molar-refractivity contribution in [3.63, 3.8) is 0 Å². The molecule has 0 unspecified atom stereocenters. The maximum absolute atomic E-state index is 3.72. The van der Waals surface area contributed by atoms with Gasteiger partial charge in [-0.15, -0.1) is 0 Å². The van der Waals surface area contributed by atoms with Crippen LogP contribution in [0.5, 0.6) is 0 Å². The van der Waals surface area contributed by atoms with Crippen LogP contribution in [0.4, 0.5) is 0 Å². The summed E-state index contributed by atoms with van der Waals surface area (Å²) in [4.78, 5) is 5.04. The zero-order chi connectivity index (χ0) is 13.7. The molecule has 3 nitrogen and oxygen atoms in total. The van der Waals surface area contributed by atoms with Gasteiger partial charge in [0.1, 0.15) is 0 Å². The van der Waals surface area contributed by atoms with Gasteiger partial charge in [-0.05, 0) is 46.7 Å². The van der Waals surface area contributed by atoms with E-state index in [1.807, 2.05) is 0 Å². The van der Waals surface area contributed by atoms with E-state index >= 15 is 0 Å². The first-order valence-electron chi connectivity index (χ1n) is 8.23. The van der Waals surface area contributed by atoms with E-state index in [0.717, 1.165) is 19.1 Å². The zero-order valence-corrected chi connectivity index (χ0v) is 13.2. The molecular weight excluding hydrogens is 234 g/mol. The molecule has 19 heavy (non-hydrogen) atoms. The second kappa shape index (κ2) is 7.05. The minimum Gasteiger partial charge on any atom is -0.313 e. The third kappa shape index (κ3) is 4.44. The highest BCUT2D eigenvalue weighted by Crippen LogP contribution is 2.34. The van der Waals surface area contributed by atoms with Gasteiger partial charge in [0.05, 0.1) is 0 Å². The van der Waals surface area contributed by atoms with Crippen LogP contribution < -0.4 is 5.32 Å². The van der Waals surface area contributed by atoms with Crippen molar-refractivity contribution >= 4 is 0 Å². The third-order valence-corrected chi connectivity index (χ3v) is 5.18. The monoisotopic (exact) mass is 267 g/mol. The Morgan fingerprint density at radius 2 is 1.74 bits per heavy atom. The molecule has 1 aliphatic carbocycles. The average Bonchev–Trinajstić information content (AvgIpc) is 2.40. The number of nitrogens with one attached hydrogen (secondary N) is 1. The molecule has 0 aromatic rings. The average molecular weight is 267 g/mol. The highest BCUT2D eigenvalue weighted by atomic mass is 15.2. The normalized spacial score (nSPS) is 25.9. The molecule has 0 bridgehead atoms. The van der Waals surface area contributed by atoms with Crippen LogP contribution in [0.25, 0.3) is 0 Å². The summed E-state index contributed by atoms with van der Waals surface area (Å²) in [5.74, 6) is 0. The molecule has 2 fully saturated rings. The molecule has 2 aliphatic rings. The van der Waals surface area contributed by atoms with Crippen molar-refractivity contribution in [2.24, 2.45) is 0 Å². The molecule has 3 heteroatoms. The van der Waals surface area contributed by atoms with Gasteiger partial charge in [0.25, 0.3) is 0 Å². The van der Waals surface area contributed by atoms with E-state index in [9.17, 15) is 0 Å². The molecule has 0 atom stereocenters. The first kappa shape index (κ1) is 15.3. The Morgan fingerprint density at radius 3 is 2.32 bits per heavy atom. The summed E-state index contributed by atoms with van der Waals surface area (Å²) in [7, 11) is 4.29. The lowest BCUT2D eigenvalue weighted by atomic mass is 9.80. The molecule has 1 aliphatic heterocycles. The van der Waals surface area contributed by atoms with Crippen LogP contribution in [-0.4, -0.2) is 61.7 Å². The van der Waals surface area contributed by atoms with Crippen LogP contribution in [0, 0.1) is 0 Å². The maximum Gasteiger partial charge on any atom is 0.0181 e. The fraction of sp³-hybridized carbons (Fsp3) is 1.00. The number of likely N-dealkylation sites (tertiary alicyclic amines) is 1. The van der Waals surface area contributed by atoms with E-state index in [2.05, 4.69) is 36.1 Å². The lowest BCUT2D eigenvalue weighted by molar-refractivity contribution is 0.0400. The van der Waals surface area contributed by atoms with Gasteiger partial charge < -0.3 is 10.2 Å². The summed E-state index contributed by atoms with van der Waals surface area (Å²) in [5, 5.41) is 3.72. The molecular formula is C16H33N3. The largest absolute Gasteiger partial charge is 0.313 e. The van der Waals surface area contributed by atoms with Crippen molar-refractivity contribution in [3.05, 3.63) is 0 Å². The number of rotatable bonds is 5. The SMILES string of the molecule is CN(C)CCNC1CCN(C2(C)CCCCC2)CC1. The van der Waals surface area contributed by atoms with E-state index in [4.69, 9.17) is 0 Å². The fourth-order valence-electron chi connectivity index (χ4n) is 3.75. The van der Waals surface area contributed by atoms with Gasteiger partial charge in [0.2, 0.25) is 0 Å². The van der Waals surface area contributed by atoms with Gasteiger partial charge >= 0.3 is 0 Å². The molecule has 1 N–H and O–H groups in total. The topological polar surface area (TPSA) is 18.5 Å². The van der Waals surface area contributed by atoms with E-state index in [-0.39, 0.29) is 0 Å². The number of likely N-dealkylation sites (N-methyl/N-ethyl adjacent to an activating group) is 1. The summed E-state index contributed by atoms with van der Waals surface area (Å²) in [6, 6.07) is 0.753. The van der Waals surface area contributed by atoms with E-state index in [1.165, 1.54) is 58.0 Å². The molecule has 0 amide bonds. The molecule has 0 aromatic heterocycles. The summed E-state index contributed by atoms with van der Waals surface area (Å²) in [6.07, 6.45) is 9.86. The molecule has 1 heterocycles. The highest BCUT2D eigenvalue weighted by Gasteiger charge is 2.35. The van der Waals surface area contributed by atoms with Crippen molar-refractivity contribution in [1.82, 2.24) is 15.1 Å². The smallest absolute Gasteiger partial charge is 0.0181 e. The lowest BCUT2D eigenvalue weighted by Gasteiger charge is -2.47. The second-order valence-corrected chi connectivity index (χ2v) is 7.08. The Labute approximate surface area is 119 Å². The lowest BCUT2D eigenvalue weighted by Crippen LogP contribution is -2.53. The highest BCUT2D eigenvalue weighted by molar-refractivity contribution is 4.92. The molecule has 1 saturated heterocycles. The Bertz CT molecular complexity index is 251. The van der Waals surface area contributed by atoms with Crippen LogP contribution in [0.3, 0.4) is 0 Å². The number of hydrogen-bond donors (Lipinski definition) is 1. The van der Waals surface area contributed by atoms with E-state index in [1.54, 1.807) is 0 Å². The van der Waals surface area contributed by atoms with Gasteiger partial charge in [-0.25, -0.2) is 0 Å². The van der Waals surface area contributed by atoms with Gasteiger partial charge in [-0.2, -0.15) is 0 Å². The fourth-order valence-corrected chi connectivity index (χ4v) is 3.75. The summed E-state index contributed by atoms with van der Waals surface area (Å²) in [5.41, 5.74) is 0.521. The minimum absolute atomic E-state index is 0.521. The van der Waals surface area contributed by atoms with Crippen LogP contribution in [-0.2, 0) is 0 Å². The summed E-state index contributed by atoms with van der Waals surface area (Å²) in [6.45, 7) is 7.39. The molecule has 1 saturated carbocycles. The van der Waals surface area contributed by atoms with E-state index < -0.39 is 0 Å². The van der Waals surface area contributed by atoms with Crippen molar-refractivity contribution in [1.29, 1.82) is 0 Å². The van der Waals surface area contributed by atoms with Crippen LogP contribution in [0.1, 0.15) is 51.9 Å². The molecule has 112 valence electrons. The third-order valence-electron chi connectivity index (χ3n) is 5.18. The first-order valence-corrected chi connectivity index (χ1v) is 8.23. The quantitative estimate of drug-likeness (QED) is 0.825. The first-order chi connectivity index (χ1) is 9.10. The summed E-state index contributed by atoms with van der Waals surface area (Å²) >= 11 is 0. The van der Waals surface area contributed by atoms with Crippen LogP contribution in [0.15, 0.2) is 0 Å². The molecule has 0 radical (unpaired) electrons. The molecule has 0 aromatic carbocycles. The van der Waals surface area contributed by atoms with Gasteiger partial charge in [-0.3, -0.25) is 4.90 Å². The number of nitrogens with zero attached hydrogens (tertiary/aromatic N) is 2. The van der Waals surface area contributed by atoms with Crippen molar-refractivity contribution in [2.75, 3.05) is 40.3 Å². The predicted molar refractivity (Wildman–Crippen MR) is 82.6 cm³/mol. The molecule has 0 spiro atoms. The van der Waals surface area contributed by atoms with Crippen molar-refractivity contribution in [3.8, 4) is 0 Å². The zero-order valence-electron chi connectivity index (χ0n) is 13.2. The number of piperidine rings is 1. The Balaban J connectivity index is 1.70. The molecule has 2 rings (SSSR count). The Kier molecular flexibility index (Phi) is 5.67. The number of hydrogen-bond acceptors (Lipinski definition) is 3. The van der Waals surface area contributed by atoms with Crippen molar-refractivity contribution in [2.45, 2.75) is 63.5 Å². The Morgan fingerprint density at radius 1 is 1.11 bits per heavy atom. The van der Waals surface area contributed by atoms with Gasteiger partial charge in [0, 0.05) is 37.8 Å². The van der Waals surface area contributed by atoms with Crippen LogP contribution in [0.2, 0.25) is 0 Å². The minimum atomic E-state index is 0.521. The predicted octanol–water partition coefficient (Wildman–Crippen LogP) is 2.32. The maximum atomic E-state index is 3.72. The standard InChI is InChI=1S/C16H33N3/c1-16(9-5-4-6-10-16)19-12-7-15(8-13-19)17-11-14-18(2)3/h15,17H,4-14H2,1-3H3. The van der Waals surface area contributed by atoms with Gasteiger partial charge in [-0.1, -0.05) is 19.3 Å². The van der Waals surface area contributed by atoms with E-state index in [0.29, 0.717) is 5.54 Å². The van der Waals surface area contributed by atoms with Crippen molar-refractivity contribution < 1.29 is 0 Å².